The third-order valence-corrected chi connectivity index (χ3v) is 6.44. The van der Waals surface area contributed by atoms with Gasteiger partial charge in [-0.15, -0.1) is 0 Å². The van der Waals surface area contributed by atoms with E-state index >= 15 is 0 Å². The zero-order valence-electron chi connectivity index (χ0n) is 33.3. The molecule has 0 aliphatic carbocycles. The maximum atomic E-state index is 10.3. The number of aliphatic carboxylic acids is 1. The molecule has 0 aliphatic heterocycles. The summed E-state index contributed by atoms with van der Waals surface area (Å²) in [7, 11) is 0. The van der Waals surface area contributed by atoms with Gasteiger partial charge in [-0.25, -0.2) is 0 Å². The van der Waals surface area contributed by atoms with E-state index in [1.54, 1.807) is 0 Å². The number of ether oxygens (including phenoxy) is 16. The Kier molecular flexibility index (Phi) is 49.5. The van der Waals surface area contributed by atoms with Gasteiger partial charge in [-0.3, -0.25) is 4.79 Å². The molecule has 21 heteroatoms. The maximum absolute atomic E-state index is 10.3. The first kappa shape index (κ1) is 54.1. The Morgan fingerprint density at radius 3 is 0.643 bits per heavy atom. The predicted octanol–water partition coefficient (Wildman–Crippen LogP) is 1.04. The summed E-state index contributed by atoms with van der Waals surface area (Å²) < 4.78 is 86.5. The molecule has 0 amide bonds. The van der Waals surface area contributed by atoms with Gasteiger partial charge in [0.05, 0.1) is 218 Å². The van der Waals surface area contributed by atoms with Crippen molar-refractivity contribution in [1.82, 2.24) is 0 Å². The second-order valence-electron chi connectivity index (χ2n) is 10.9. The molecule has 0 bridgehead atoms. The van der Waals surface area contributed by atoms with E-state index in [0.29, 0.717) is 211 Å². The van der Waals surface area contributed by atoms with Crippen molar-refractivity contribution in [3.8, 4) is 0 Å². The zero-order chi connectivity index (χ0) is 40.3. The van der Waals surface area contributed by atoms with Gasteiger partial charge in [-0.1, -0.05) is 5.11 Å². The van der Waals surface area contributed by atoms with Crippen LogP contribution in [0.15, 0.2) is 5.11 Å². The number of carboxylic acid groups (broad SMARTS) is 1. The topological polar surface area (TPSA) is 234 Å². The molecule has 1 N–H and O–H groups in total. The van der Waals surface area contributed by atoms with Crippen molar-refractivity contribution >= 4 is 5.97 Å². The Labute approximate surface area is 331 Å². The Balaban J connectivity index is 3.06. The molecule has 0 atom stereocenters. The van der Waals surface area contributed by atoms with Crippen molar-refractivity contribution < 1.29 is 85.7 Å². The van der Waals surface area contributed by atoms with Crippen LogP contribution in [0.1, 0.15) is 6.42 Å². The molecule has 0 saturated carbocycles. The summed E-state index contributed by atoms with van der Waals surface area (Å²) in [5.41, 5.74) is 8.15. The normalized spacial score (nSPS) is 11.4. The highest BCUT2D eigenvalue weighted by Crippen LogP contribution is 1.89. The highest BCUT2D eigenvalue weighted by atomic mass is 16.6. The van der Waals surface area contributed by atoms with Gasteiger partial charge in [0.1, 0.15) is 0 Å². The summed E-state index contributed by atoms with van der Waals surface area (Å²) in [5.74, 6) is -0.878. The van der Waals surface area contributed by atoms with E-state index in [1.165, 1.54) is 0 Å². The fourth-order valence-corrected chi connectivity index (χ4v) is 3.71. The molecule has 0 unspecified atom stereocenters. The number of azide groups is 1. The van der Waals surface area contributed by atoms with E-state index in [2.05, 4.69) is 10.0 Å². The number of hydrogen-bond donors (Lipinski definition) is 1. The highest BCUT2D eigenvalue weighted by molar-refractivity contribution is 5.66. The van der Waals surface area contributed by atoms with Crippen LogP contribution in [0.3, 0.4) is 0 Å². The summed E-state index contributed by atoms with van der Waals surface area (Å²) in [6.45, 7) is 15.0. The molecule has 0 fully saturated rings. The molecule has 0 radical (unpaired) electrons. The molecular weight excluding hydrogens is 750 g/mol. The summed E-state index contributed by atoms with van der Waals surface area (Å²) in [4.78, 5) is 13.0. The van der Waals surface area contributed by atoms with Crippen LogP contribution in [0.5, 0.6) is 0 Å². The Morgan fingerprint density at radius 2 is 0.482 bits per heavy atom. The third-order valence-electron chi connectivity index (χ3n) is 6.44. The van der Waals surface area contributed by atoms with Crippen molar-refractivity contribution in [1.29, 1.82) is 0 Å². The van der Waals surface area contributed by atoms with Crippen molar-refractivity contribution in [2.75, 3.05) is 218 Å². The van der Waals surface area contributed by atoms with E-state index in [4.69, 9.17) is 86.4 Å². The molecule has 0 aromatic heterocycles. The van der Waals surface area contributed by atoms with E-state index < -0.39 is 5.97 Å². The minimum absolute atomic E-state index is 0.00759. The second kappa shape index (κ2) is 51.2. The molecule has 0 aromatic rings. The third kappa shape index (κ3) is 52.1. The van der Waals surface area contributed by atoms with Crippen LogP contribution in [-0.4, -0.2) is 229 Å². The van der Waals surface area contributed by atoms with E-state index in [0.717, 1.165) is 0 Å². The highest BCUT2D eigenvalue weighted by Gasteiger charge is 1.99. The van der Waals surface area contributed by atoms with Crippen LogP contribution in [0.25, 0.3) is 10.4 Å². The lowest BCUT2D eigenvalue weighted by molar-refractivity contribution is -0.138. The minimum Gasteiger partial charge on any atom is -0.481 e. The SMILES string of the molecule is [N-]=[N+]=NCCOCCOCCOCCOCCOCCOCCOCCOCCOCCOCCOCCOCCOCCOCCOCCOCCC(=O)O. The number of carbonyl (C=O) groups is 1. The van der Waals surface area contributed by atoms with Crippen LogP contribution in [0.2, 0.25) is 0 Å². The quantitative estimate of drug-likeness (QED) is 0.0391. The van der Waals surface area contributed by atoms with E-state index in [-0.39, 0.29) is 13.0 Å². The molecule has 0 aliphatic rings. The smallest absolute Gasteiger partial charge is 0.305 e. The van der Waals surface area contributed by atoms with Gasteiger partial charge in [0.2, 0.25) is 0 Å². The molecular formula is C35H69N3O18. The van der Waals surface area contributed by atoms with Gasteiger partial charge in [-0.2, -0.15) is 0 Å². The van der Waals surface area contributed by atoms with Gasteiger partial charge >= 0.3 is 5.97 Å². The van der Waals surface area contributed by atoms with Gasteiger partial charge in [0.15, 0.2) is 0 Å². The molecule has 0 saturated heterocycles. The second-order valence-corrected chi connectivity index (χ2v) is 10.9. The Morgan fingerprint density at radius 1 is 0.321 bits per heavy atom. The fraction of sp³-hybridized carbons (Fsp3) is 0.971. The fourth-order valence-electron chi connectivity index (χ4n) is 3.71. The summed E-state index contributed by atoms with van der Waals surface area (Å²) in [6.07, 6.45) is -0.00759. The van der Waals surface area contributed by atoms with Gasteiger partial charge in [0, 0.05) is 11.5 Å². The minimum atomic E-state index is -0.878. The largest absolute Gasteiger partial charge is 0.481 e. The summed E-state index contributed by atoms with van der Waals surface area (Å²) >= 11 is 0. The molecule has 0 heterocycles. The zero-order valence-corrected chi connectivity index (χ0v) is 33.3. The first-order valence-corrected chi connectivity index (χ1v) is 19.2. The van der Waals surface area contributed by atoms with Crippen LogP contribution < -0.4 is 0 Å². The van der Waals surface area contributed by atoms with Crippen molar-refractivity contribution in [2.24, 2.45) is 5.11 Å². The number of hydrogen-bond acceptors (Lipinski definition) is 18. The molecule has 21 nitrogen and oxygen atoms in total. The average Bonchev–Trinajstić information content (AvgIpc) is 3.20. The Hall–Kier alpha value is -1.86. The lowest BCUT2D eigenvalue weighted by Crippen LogP contribution is -2.16. The van der Waals surface area contributed by atoms with Crippen molar-refractivity contribution in [3.63, 3.8) is 0 Å². The maximum Gasteiger partial charge on any atom is 0.305 e. The monoisotopic (exact) mass is 819 g/mol. The lowest BCUT2D eigenvalue weighted by atomic mass is 10.5. The number of carboxylic acids is 1. The van der Waals surface area contributed by atoms with Crippen molar-refractivity contribution in [3.05, 3.63) is 10.4 Å². The lowest BCUT2D eigenvalue weighted by Gasteiger charge is -2.09. The van der Waals surface area contributed by atoms with Crippen LogP contribution >= 0.6 is 0 Å². The molecule has 0 spiro atoms. The Bertz CT molecular complexity index is 770. The van der Waals surface area contributed by atoms with Gasteiger partial charge in [0.25, 0.3) is 0 Å². The standard InChI is InChI=1S/C35H69N3O18/c36-38-37-2-4-42-6-8-44-10-12-46-14-16-48-18-20-50-22-24-52-26-28-54-30-32-56-34-33-55-31-29-53-27-25-51-23-21-49-19-17-47-15-13-45-11-9-43-7-5-41-3-1-35(39)40/h1-34H2,(H,39,40). The van der Waals surface area contributed by atoms with Crippen LogP contribution in [0.4, 0.5) is 0 Å². The molecule has 332 valence electrons. The average molecular weight is 820 g/mol. The van der Waals surface area contributed by atoms with Crippen LogP contribution in [0, 0.1) is 0 Å². The molecule has 0 aromatic carbocycles. The number of rotatable bonds is 51. The van der Waals surface area contributed by atoms with Crippen LogP contribution in [-0.2, 0) is 80.6 Å². The predicted molar refractivity (Wildman–Crippen MR) is 199 cm³/mol. The van der Waals surface area contributed by atoms with E-state index in [9.17, 15) is 4.79 Å². The first-order valence-electron chi connectivity index (χ1n) is 19.2. The summed E-state index contributed by atoms with van der Waals surface area (Å²) in [5, 5.41) is 11.9. The first-order chi connectivity index (χ1) is 27.8. The van der Waals surface area contributed by atoms with Gasteiger partial charge in [-0.05, 0) is 5.53 Å². The molecule has 0 rings (SSSR count). The molecule has 56 heavy (non-hydrogen) atoms. The van der Waals surface area contributed by atoms with Gasteiger partial charge < -0.3 is 80.9 Å². The number of nitrogens with zero attached hydrogens (tertiary/aromatic N) is 3. The summed E-state index contributed by atoms with van der Waals surface area (Å²) in [6, 6.07) is 0. The van der Waals surface area contributed by atoms with Crippen molar-refractivity contribution in [2.45, 2.75) is 6.42 Å². The van der Waals surface area contributed by atoms with E-state index in [1.807, 2.05) is 0 Å².